The molecule has 0 radical (unpaired) electrons. The third-order valence-electron chi connectivity index (χ3n) is 5.24. The Kier molecular flexibility index (Phi) is 4.77. The molecule has 1 aromatic carbocycles. The van der Waals surface area contributed by atoms with Crippen LogP contribution in [0, 0.1) is 22.7 Å². The Morgan fingerprint density at radius 1 is 1.29 bits per heavy atom. The largest absolute Gasteiger partial charge is 0.370 e. The summed E-state index contributed by atoms with van der Waals surface area (Å²) >= 11 is 0. The molecule has 1 fully saturated rings. The van der Waals surface area contributed by atoms with Crippen molar-refractivity contribution < 1.29 is 0 Å². The molecule has 3 heterocycles. The molecule has 28 heavy (non-hydrogen) atoms. The molecule has 2 aromatic heterocycles. The maximum atomic E-state index is 9.14. The predicted octanol–water partition coefficient (Wildman–Crippen LogP) is 2.33. The fourth-order valence-electron chi connectivity index (χ4n) is 3.71. The molecule has 0 bridgehead atoms. The van der Waals surface area contributed by atoms with Crippen LogP contribution < -0.4 is 9.80 Å². The van der Waals surface area contributed by atoms with Crippen LogP contribution in [0.5, 0.6) is 0 Å². The van der Waals surface area contributed by atoms with Crippen LogP contribution in [0.1, 0.15) is 18.4 Å². The lowest BCUT2D eigenvalue weighted by atomic mass is 10.1. The lowest BCUT2D eigenvalue weighted by molar-refractivity contribution is 0.643. The van der Waals surface area contributed by atoms with Crippen LogP contribution in [-0.2, 0) is 6.54 Å². The minimum atomic E-state index is 0.326. The quantitative estimate of drug-likeness (QED) is 0.678. The highest BCUT2D eigenvalue weighted by atomic mass is 15.3. The van der Waals surface area contributed by atoms with Gasteiger partial charge in [-0.25, -0.2) is 14.6 Å². The summed E-state index contributed by atoms with van der Waals surface area (Å²) in [5, 5.41) is 23.3. The summed E-state index contributed by atoms with van der Waals surface area (Å²) < 4.78 is 1.76. The van der Waals surface area contributed by atoms with Gasteiger partial charge in [0.2, 0.25) is 0 Å². The van der Waals surface area contributed by atoms with Gasteiger partial charge in [0.05, 0.1) is 42.3 Å². The van der Waals surface area contributed by atoms with Gasteiger partial charge in [-0.3, -0.25) is 0 Å². The number of fused-ring (bicyclic) bond motifs is 1. The number of hydrogen-bond acceptors (Lipinski definition) is 7. The van der Waals surface area contributed by atoms with Crippen molar-refractivity contribution in [2.45, 2.75) is 25.4 Å². The fraction of sp³-hybridized carbons (Fsp3) is 0.350. The van der Waals surface area contributed by atoms with Crippen molar-refractivity contribution in [2.24, 2.45) is 0 Å². The summed E-state index contributed by atoms with van der Waals surface area (Å²) in [6.07, 6.45) is 4.75. The van der Waals surface area contributed by atoms with E-state index < -0.39 is 0 Å². The number of benzene rings is 1. The van der Waals surface area contributed by atoms with Crippen LogP contribution in [0.2, 0.25) is 0 Å². The van der Waals surface area contributed by atoms with Crippen LogP contribution in [0.15, 0.2) is 36.8 Å². The number of nitrogens with zero attached hydrogens (tertiary/aromatic N) is 8. The topological polar surface area (TPSA) is 97.7 Å². The van der Waals surface area contributed by atoms with Crippen LogP contribution >= 0.6 is 0 Å². The molecule has 0 N–H and O–H groups in total. The van der Waals surface area contributed by atoms with Gasteiger partial charge in [-0.1, -0.05) is 6.07 Å². The molecule has 8 heteroatoms. The second-order valence-electron chi connectivity index (χ2n) is 6.87. The third-order valence-corrected chi connectivity index (χ3v) is 5.24. The van der Waals surface area contributed by atoms with E-state index in [4.69, 9.17) is 10.5 Å². The van der Waals surface area contributed by atoms with Gasteiger partial charge in [-0.05, 0) is 24.6 Å². The first-order valence-corrected chi connectivity index (χ1v) is 9.22. The van der Waals surface area contributed by atoms with Gasteiger partial charge in [0.1, 0.15) is 12.1 Å². The second-order valence-corrected chi connectivity index (χ2v) is 6.87. The Morgan fingerprint density at radius 2 is 2.18 bits per heavy atom. The Labute approximate surface area is 163 Å². The number of likely N-dealkylation sites (N-methyl/N-ethyl adjacent to an activating group) is 1. The van der Waals surface area contributed by atoms with Gasteiger partial charge >= 0.3 is 0 Å². The molecule has 0 spiro atoms. The number of rotatable bonds is 5. The van der Waals surface area contributed by atoms with E-state index in [0.717, 1.165) is 42.0 Å². The minimum absolute atomic E-state index is 0.326. The molecule has 140 valence electrons. The van der Waals surface area contributed by atoms with Gasteiger partial charge in [-0.15, -0.1) is 0 Å². The molecule has 1 aliphatic heterocycles. The highest BCUT2D eigenvalue weighted by Crippen LogP contribution is 2.29. The fourth-order valence-corrected chi connectivity index (χ4v) is 3.71. The van der Waals surface area contributed by atoms with E-state index in [0.29, 0.717) is 24.6 Å². The minimum Gasteiger partial charge on any atom is -0.370 e. The first kappa shape index (κ1) is 17.7. The van der Waals surface area contributed by atoms with E-state index in [9.17, 15) is 0 Å². The summed E-state index contributed by atoms with van der Waals surface area (Å²) in [5.41, 5.74) is 2.48. The molecule has 0 amide bonds. The standard InChI is InChI=1S/C20H20N8/c1-26(16-5-2-4-15(10-16)11-22)17-6-9-27(13-17)19-18-12-25-28(8-3-7-21)20(18)24-14-23-19/h2,4-5,10,12,14,17H,3,6,8-9,13H2,1H3. The van der Waals surface area contributed by atoms with Crippen LogP contribution in [0.3, 0.4) is 0 Å². The van der Waals surface area contributed by atoms with Gasteiger partial charge in [0, 0.05) is 31.9 Å². The Balaban J connectivity index is 1.55. The molecule has 4 rings (SSSR count). The molecular weight excluding hydrogens is 352 g/mol. The summed E-state index contributed by atoms with van der Waals surface area (Å²) in [5.74, 6) is 0.884. The van der Waals surface area contributed by atoms with Crippen molar-refractivity contribution in [3.63, 3.8) is 0 Å². The Hall–Kier alpha value is -3.65. The zero-order chi connectivity index (χ0) is 19.5. The Morgan fingerprint density at radius 3 is 3.00 bits per heavy atom. The van der Waals surface area contributed by atoms with Crippen LogP contribution in [-0.4, -0.2) is 45.9 Å². The van der Waals surface area contributed by atoms with Crippen LogP contribution in [0.4, 0.5) is 11.5 Å². The summed E-state index contributed by atoms with van der Waals surface area (Å²) in [7, 11) is 2.07. The van der Waals surface area contributed by atoms with Gasteiger partial charge in [-0.2, -0.15) is 15.6 Å². The number of aromatic nitrogens is 4. The van der Waals surface area contributed by atoms with E-state index in [1.54, 1.807) is 17.2 Å². The molecule has 1 aliphatic rings. The van der Waals surface area contributed by atoms with Crippen molar-refractivity contribution >= 4 is 22.5 Å². The smallest absolute Gasteiger partial charge is 0.163 e. The zero-order valence-electron chi connectivity index (χ0n) is 15.7. The number of hydrogen-bond donors (Lipinski definition) is 0. The average molecular weight is 372 g/mol. The molecule has 3 aromatic rings. The van der Waals surface area contributed by atoms with E-state index in [1.807, 2.05) is 24.3 Å². The summed E-state index contributed by atoms with van der Waals surface area (Å²) in [4.78, 5) is 13.4. The van der Waals surface area contributed by atoms with Crippen molar-refractivity contribution in [1.29, 1.82) is 10.5 Å². The average Bonchev–Trinajstić information content (AvgIpc) is 3.39. The molecule has 1 atom stereocenters. The van der Waals surface area contributed by atoms with Crippen LogP contribution in [0.25, 0.3) is 11.0 Å². The highest BCUT2D eigenvalue weighted by Gasteiger charge is 2.28. The van der Waals surface area contributed by atoms with Crippen molar-refractivity contribution in [2.75, 3.05) is 29.9 Å². The molecule has 0 aliphatic carbocycles. The van der Waals surface area contributed by atoms with E-state index in [1.165, 1.54) is 0 Å². The number of nitriles is 2. The lowest BCUT2D eigenvalue weighted by Gasteiger charge is -2.27. The second kappa shape index (κ2) is 7.53. The first-order valence-electron chi connectivity index (χ1n) is 9.22. The molecule has 8 nitrogen and oxygen atoms in total. The molecule has 0 saturated carbocycles. The lowest BCUT2D eigenvalue weighted by Crippen LogP contribution is -2.34. The van der Waals surface area contributed by atoms with E-state index in [2.05, 4.69) is 44.1 Å². The monoisotopic (exact) mass is 372 g/mol. The number of aryl methyl sites for hydroxylation is 1. The number of anilines is 2. The molecule has 1 unspecified atom stereocenters. The maximum absolute atomic E-state index is 9.14. The normalized spacial score (nSPS) is 16.1. The first-order chi connectivity index (χ1) is 13.7. The highest BCUT2D eigenvalue weighted by molar-refractivity contribution is 5.86. The van der Waals surface area contributed by atoms with Crippen molar-refractivity contribution in [3.05, 3.63) is 42.4 Å². The molecule has 1 saturated heterocycles. The van der Waals surface area contributed by atoms with Crippen molar-refractivity contribution in [3.8, 4) is 12.1 Å². The predicted molar refractivity (Wildman–Crippen MR) is 106 cm³/mol. The van der Waals surface area contributed by atoms with Gasteiger partial charge < -0.3 is 9.80 Å². The SMILES string of the molecule is CN(c1cccc(C#N)c1)C1CCN(c2ncnc3c2cnn3CCC#N)C1. The van der Waals surface area contributed by atoms with Crippen molar-refractivity contribution in [1.82, 2.24) is 19.7 Å². The van der Waals surface area contributed by atoms with Gasteiger partial charge in [0.25, 0.3) is 0 Å². The zero-order valence-corrected chi connectivity index (χ0v) is 15.7. The summed E-state index contributed by atoms with van der Waals surface area (Å²) in [6.45, 7) is 2.25. The maximum Gasteiger partial charge on any atom is 0.163 e. The third kappa shape index (κ3) is 3.21. The Bertz CT molecular complexity index is 1070. The van der Waals surface area contributed by atoms with E-state index >= 15 is 0 Å². The summed E-state index contributed by atoms with van der Waals surface area (Å²) in [6, 6.07) is 12.4. The van der Waals surface area contributed by atoms with Gasteiger partial charge in [0.15, 0.2) is 5.65 Å². The van der Waals surface area contributed by atoms with E-state index in [-0.39, 0.29) is 0 Å². The molecular formula is C20H20N8.